The molecule has 0 saturated heterocycles. The van der Waals surface area contributed by atoms with Gasteiger partial charge in [-0.15, -0.1) is 11.3 Å². The second-order valence-corrected chi connectivity index (χ2v) is 8.26. The SMILES string of the molecule is COC(=O)c1c(NC(=O)C(C#N)=Cc2ccc(Cl)cc2)sc2c1CCC(C)C2. The van der Waals surface area contributed by atoms with Gasteiger partial charge in [0.25, 0.3) is 5.91 Å². The highest BCUT2D eigenvalue weighted by Crippen LogP contribution is 2.40. The van der Waals surface area contributed by atoms with Crippen LogP contribution >= 0.6 is 22.9 Å². The molecule has 1 N–H and O–H groups in total. The van der Waals surface area contributed by atoms with Crippen LogP contribution in [0.5, 0.6) is 0 Å². The zero-order chi connectivity index (χ0) is 20.3. The van der Waals surface area contributed by atoms with E-state index in [-0.39, 0.29) is 5.57 Å². The summed E-state index contributed by atoms with van der Waals surface area (Å²) in [6.07, 6.45) is 4.12. The quantitative estimate of drug-likeness (QED) is 0.440. The summed E-state index contributed by atoms with van der Waals surface area (Å²) in [7, 11) is 1.32. The standard InChI is InChI=1S/C21H19ClN2O3S/c1-12-3-8-16-17(9-12)28-20(18(16)21(26)27-2)24-19(25)14(11-23)10-13-4-6-15(22)7-5-13/h4-7,10,12H,3,8-9H2,1-2H3,(H,24,25). The van der Waals surface area contributed by atoms with Gasteiger partial charge in [0.05, 0.1) is 12.7 Å². The minimum Gasteiger partial charge on any atom is -0.465 e. The smallest absolute Gasteiger partial charge is 0.341 e. The average molecular weight is 415 g/mol. The lowest BCUT2D eigenvalue weighted by molar-refractivity contribution is -0.112. The Bertz CT molecular complexity index is 986. The van der Waals surface area contributed by atoms with Gasteiger partial charge < -0.3 is 10.1 Å². The van der Waals surface area contributed by atoms with E-state index in [1.54, 1.807) is 24.3 Å². The van der Waals surface area contributed by atoms with Gasteiger partial charge in [-0.1, -0.05) is 30.7 Å². The minimum absolute atomic E-state index is 0.0575. The summed E-state index contributed by atoms with van der Waals surface area (Å²) >= 11 is 7.25. The van der Waals surface area contributed by atoms with Crippen LogP contribution < -0.4 is 5.32 Å². The number of hydrogen-bond donors (Lipinski definition) is 1. The van der Waals surface area contributed by atoms with E-state index in [9.17, 15) is 14.9 Å². The molecule has 7 heteroatoms. The molecule has 1 heterocycles. The molecule has 0 radical (unpaired) electrons. The number of anilines is 1. The second kappa shape index (κ2) is 8.59. The molecule has 1 aromatic carbocycles. The highest BCUT2D eigenvalue weighted by Gasteiger charge is 2.29. The normalized spacial score (nSPS) is 16.1. The Labute approximate surface area is 172 Å². The molecular formula is C21H19ClN2O3S. The number of amides is 1. The van der Waals surface area contributed by atoms with E-state index >= 15 is 0 Å². The topological polar surface area (TPSA) is 79.2 Å². The monoisotopic (exact) mass is 414 g/mol. The highest BCUT2D eigenvalue weighted by atomic mass is 35.5. The van der Waals surface area contributed by atoms with E-state index < -0.39 is 11.9 Å². The number of fused-ring (bicyclic) bond motifs is 1. The molecule has 3 rings (SSSR count). The van der Waals surface area contributed by atoms with Crippen molar-refractivity contribution >= 4 is 45.9 Å². The molecule has 1 atom stereocenters. The third-order valence-corrected chi connectivity index (χ3v) is 6.10. The first-order valence-electron chi connectivity index (χ1n) is 8.84. The molecule has 0 spiro atoms. The molecule has 2 aromatic rings. The van der Waals surface area contributed by atoms with Crippen LogP contribution in [0.3, 0.4) is 0 Å². The Morgan fingerprint density at radius 3 is 2.71 bits per heavy atom. The van der Waals surface area contributed by atoms with Crippen LogP contribution in [0.25, 0.3) is 6.08 Å². The van der Waals surface area contributed by atoms with Crippen molar-refractivity contribution in [2.45, 2.75) is 26.2 Å². The first kappa shape index (κ1) is 20.1. The molecule has 28 heavy (non-hydrogen) atoms. The van der Waals surface area contributed by atoms with Crippen molar-refractivity contribution in [3.05, 3.63) is 56.4 Å². The van der Waals surface area contributed by atoms with E-state index in [1.165, 1.54) is 24.5 Å². The molecule has 1 aliphatic carbocycles. The fourth-order valence-electron chi connectivity index (χ4n) is 3.20. The third-order valence-electron chi connectivity index (χ3n) is 4.67. The Balaban J connectivity index is 1.91. The van der Waals surface area contributed by atoms with Crippen LogP contribution in [0.15, 0.2) is 29.8 Å². The van der Waals surface area contributed by atoms with Crippen molar-refractivity contribution in [3.8, 4) is 6.07 Å². The maximum absolute atomic E-state index is 12.7. The van der Waals surface area contributed by atoms with Crippen molar-refractivity contribution in [2.24, 2.45) is 5.92 Å². The molecular weight excluding hydrogens is 396 g/mol. The van der Waals surface area contributed by atoms with Gasteiger partial charge in [-0.3, -0.25) is 4.79 Å². The van der Waals surface area contributed by atoms with Crippen LogP contribution in [-0.4, -0.2) is 19.0 Å². The van der Waals surface area contributed by atoms with Crippen molar-refractivity contribution in [3.63, 3.8) is 0 Å². The number of nitrogens with zero attached hydrogens (tertiary/aromatic N) is 1. The molecule has 0 saturated carbocycles. The lowest BCUT2D eigenvalue weighted by atomic mass is 9.88. The van der Waals surface area contributed by atoms with Gasteiger partial charge in [-0.25, -0.2) is 4.79 Å². The Kier molecular flexibility index (Phi) is 6.18. The van der Waals surface area contributed by atoms with Gasteiger partial charge >= 0.3 is 5.97 Å². The molecule has 0 fully saturated rings. The first-order chi connectivity index (χ1) is 13.4. The van der Waals surface area contributed by atoms with Gasteiger partial charge in [-0.05, 0) is 54.5 Å². The number of carbonyl (C=O) groups excluding carboxylic acids is 2. The lowest BCUT2D eigenvalue weighted by Crippen LogP contribution is -2.16. The van der Waals surface area contributed by atoms with Gasteiger partial charge in [0.15, 0.2) is 0 Å². The van der Waals surface area contributed by atoms with Gasteiger partial charge in [0.2, 0.25) is 0 Å². The molecule has 5 nitrogen and oxygen atoms in total. The predicted molar refractivity (Wildman–Crippen MR) is 111 cm³/mol. The molecule has 1 amide bonds. The summed E-state index contributed by atoms with van der Waals surface area (Å²) < 4.78 is 4.93. The van der Waals surface area contributed by atoms with Crippen molar-refractivity contribution in [1.82, 2.24) is 0 Å². The van der Waals surface area contributed by atoms with E-state index in [1.807, 2.05) is 6.07 Å². The lowest BCUT2D eigenvalue weighted by Gasteiger charge is -2.18. The number of methoxy groups -OCH3 is 1. The average Bonchev–Trinajstić information content (AvgIpc) is 3.03. The number of benzene rings is 1. The third kappa shape index (κ3) is 4.27. The zero-order valence-electron chi connectivity index (χ0n) is 15.5. The Hall–Kier alpha value is -2.62. The maximum Gasteiger partial charge on any atom is 0.341 e. The van der Waals surface area contributed by atoms with Crippen molar-refractivity contribution in [2.75, 3.05) is 12.4 Å². The number of nitriles is 1. The van der Waals surface area contributed by atoms with Gasteiger partial charge in [0.1, 0.15) is 16.6 Å². The molecule has 1 aliphatic rings. The summed E-state index contributed by atoms with van der Waals surface area (Å²) in [4.78, 5) is 26.1. The molecule has 144 valence electrons. The number of esters is 1. The van der Waals surface area contributed by atoms with E-state index in [2.05, 4.69) is 12.2 Å². The molecule has 0 bridgehead atoms. The maximum atomic E-state index is 12.7. The summed E-state index contributed by atoms with van der Waals surface area (Å²) in [5.41, 5.74) is 1.98. The summed E-state index contributed by atoms with van der Waals surface area (Å²) in [5.74, 6) is -0.503. The number of halogens is 1. The van der Waals surface area contributed by atoms with E-state index in [4.69, 9.17) is 16.3 Å². The number of carbonyl (C=O) groups is 2. The largest absolute Gasteiger partial charge is 0.465 e. The fraction of sp³-hybridized carbons (Fsp3) is 0.286. The zero-order valence-corrected chi connectivity index (χ0v) is 17.1. The van der Waals surface area contributed by atoms with Crippen LogP contribution in [0.4, 0.5) is 5.00 Å². The van der Waals surface area contributed by atoms with E-state index in [0.29, 0.717) is 27.1 Å². The Morgan fingerprint density at radius 1 is 1.36 bits per heavy atom. The Morgan fingerprint density at radius 2 is 2.07 bits per heavy atom. The van der Waals surface area contributed by atoms with Crippen molar-refractivity contribution in [1.29, 1.82) is 5.26 Å². The summed E-state index contributed by atoms with van der Waals surface area (Å²) in [5, 5.41) is 13.2. The first-order valence-corrected chi connectivity index (χ1v) is 10.0. The number of ether oxygens (including phenoxy) is 1. The second-order valence-electron chi connectivity index (χ2n) is 6.72. The van der Waals surface area contributed by atoms with Crippen LogP contribution in [0.1, 0.15) is 39.7 Å². The number of thiophene rings is 1. The summed E-state index contributed by atoms with van der Waals surface area (Å²) in [6.45, 7) is 2.17. The van der Waals surface area contributed by atoms with Crippen LogP contribution in [0.2, 0.25) is 5.02 Å². The predicted octanol–water partition coefficient (Wildman–Crippen LogP) is 4.86. The number of hydrogen-bond acceptors (Lipinski definition) is 5. The molecule has 0 aliphatic heterocycles. The number of rotatable bonds is 4. The number of nitrogens with one attached hydrogen (secondary N) is 1. The minimum atomic E-state index is -0.561. The van der Waals surface area contributed by atoms with Gasteiger partial charge in [0, 0.05) is 9.90 Å². The van der Waals surface area contributed by atoms with Crippen molar-refractivity contribution < 1.29 is 14.3 Å². The fourth-order valence-corrected chi connectivity index (χ4v) is 4.72. The van der Waals surface area contributed by atoms with Crippen LogP contribution in [0, 0.1) is 17.2 Å². The summed E-state index contributed by atoms with van der Waals surface area (Å²) in [6, 6.07) is 8.73. The molecule has 1 unspecified atom stereocenters. The highest BCUT2D eigenvalue weighted by molar-refractivity contribution is 7.17. The van der Waals surface area contributed by atoms with E-state index in [0.717, 1.165) is 29.7 Å². The van der Waals surface area contributed by atoms with Gasteiger partial charge in [-0.2, -0.15) is 5.26 Å². The van der Waals surface area contributed by atoms with Crippen LogP contribution in [-0.2, 0) is 22.4 Å². The molecule has 1 aromatic heterocycles.